The Balaban J connectivity index is 0.00000297. The quantitative estimate of drug-likeness (QED) is 0.00776. The zero-order valence-corrected chi connectivity index (χ0v) is 52.2. The number of hydrogen-bond donors (Lipinski definition) is 5. The molecule has 1 aliphatic carbocycles. The summed E-state index contributed by atoms with van der Waals surface area (Å²) in [5.74, 6) is 3.61. The Morgan fingerprint density at radius 3 is 1.99 bits per heavy atom. The van der Waals surface area contributed by atoms with Gasteiger partial charge in [0.05, 0.1) is 41.1 Å². The number of Topliss-reactive ketones (excluding diaryl/α,β-unsaturated/α-hetero) is 3. The summed E-state index contributed by atoms with van der Waals surface area (Å²) in [6, 6.07) is 23.0. The van der Waals surface area contributed by atoms with E-state index in [1.165, 1.54) is 11.9 Å². The van der Waals surface area contributed by atoms with Crippen LogP contribution in [0, 0.1) is 29.1 Å². The predicted octanol–water partition coefficient (Wildman–Crippen LogP) is 6.63. The topological polar surface area (TPSA) is 296 Å². The van der Waals surface area contributed by atoms with Gasteiger partial charge in [0.15, 0.2) is 28.8 Å². The van der Waals surface area contributed by atoms with Crippen molar-refractivity contribution in [2.24, 2.45) is 40.7 Å². The van der Waals surface area contributed by atoms with Crippen molar-refractivity contribution in [1.29, 1.82) is 0 Å². The highest BCUT2D eigenvalue weighted by Gasteiger charge is 2.48. The highest BCUT2D eigenvalue weighted by atomic mass is 32.2. The summed E-state index contributed by atoms with van der Waals surface area (Å²) in [6.45, 7) is 16.7. The van der Waals surface area contributed by atoms with E-state index >= 15 is 0 Å². The predicted molar refractivity (Wildman–Crippen MR) is 325 cm³/mol. The molecule has 0 aromatic heterocycles. The molecular weight excluding hydrogens is 1110 g/mol. The van der Waals surface area contributed by atoms with Gasteiger partial charge in [-0.1, -0.05) is 102 Å². The summed E-state index contributed by atoms with van der Waals surface area (Å²) in [5, 5.41) is 10.5. The number of nitrogens with one attached hydrogen (secondary N) is 3. The van der Waals surface area contributed by atoms with Crippen LogP contribution in [0.3, 0.4) is 0 Å². The molecule has 3 amide bonds. The highest BCUT2D eigenvalue weighted by Crippen LogP contribution is 2.47. The maximum Gasteiger partial charge on any atom is 0.308 e. The van der Waals surface area contributed by atoms with Crippen LogP contribution in [0.15, 0.2) is 90.8 Å². The minimum absolute atomic E-state index is 0.00453. The number of hydrogen-bond acceptors (Lipinski definition) is 16. The van der Waals surface area contributed by atoms with Gasteiger partial charge >= 0.3 is 5.97 Å². The number of aryl methyl sites for hydroxylation is 1. The zero-order valence-electron chi connectivity index (χ0n) is 51.4. The van der Waals surface area contributed by atoms with Crippen LogP contribution in [0.4, 0.5) is 0 Å². The third-order valence-electron chi connectivity index (χ3n) is 15.0. The highest BCUT2D eigenvalue weighted by molar-refractivity contribution is 7.84. The van der Waals surface area contributed by atoms with Gasteiger partial charge in [0, 0.05) is 74.5 Å². The van der Waals surface area contributed by atoms with Crippen LogP contribution >= 0.6 is 0 Å². The van der Waals surface area contributed by atoms with Crippen molar-refractivity contribution in [3.63, 3.8) is 0 Å². The van der Waals surface area contributed by atoms with Crippen molar-refractivity contribution >= 4 is 51.2 Å². The molecule has 0 unspecified atom stereocenters. The van der Waals surface area contributed by atoms with Crippen LogP contribution in [0.25, 0.3) is 0 Å². The molecule has 0 bridgehead atoms. The molecule has 2 aliphatic rings. The van der Waals surface area contributed by atoms with E-state index < -0.39 is 51.3 Å². The number of rotatable bonds is 36. The normalized spacial score (nSPS) is 15.9. The number of morpholine rings is 1. The van der Waals surface area contributed by atoms with E-state index in [9.17, 15) is 33.6 Å². The lowest BCUT2D eigenvalue weighted by atomic mass is 9.87. The minimum atomic E-state index is -3.92. The van der Waals surface area contributed by atoms with E-state index in [1.807, 2.05) is 108 Å². The minimum Gasteiger partial charge on any atom is -0.748 e. The lowest BCUT2D eigenvalue weighted by Crippen LogP contribution is -2.57. The van der Waals surface area contributed by atoms with Gasteiger partial charge in [0.2, 0.25) is 17.7 Å². The number of nitrogens with zero attached hydrogens (tertiary/aromatic N) is 2. The second-order valence-corrected chi connectivity index (χ2v) is 25.6. The number of ether oxygens (including phenoxy) is 3. The number of ketones is 3. The molecular formula is C64H95N7O13S. The second-order valence-electron chi connectivity index (χ2n) is 24.2. The fraction of sp³-hybridized carbons (Fsp3) is 0.578. The van der Waals surface area contributed by atoms with Crippen molar-refractivity contribution in [2.45, 2.75) is 151 Å². The van der Waals surface area contributed by atoms with E-state index in [2.05, 4.69) is 16.0 Å². The third kappa shape index (κ3) is 27.6. The van der Waals surface area contributed by atoms with Crippen molar-refractivity contribution in [1.82, 2.24) is 21.0 Å². The monoisotopic (exact) mass is 1200 g/mol. The summed E-state index contributed by atoms with van der Waals surface area (Å²) in [4.78, 5) is 96.4. The fourth-order valence-corrected chi connectivity index (χ4v) is 10.3. The third-order valence-corrected chi connectivity index (χ3v) is 15.0. The molecule has 470 valence electrons. The van der Waals surface area contributed by atoms with Crippen molar-refractivity contribution in [3.8, 4) is 11.5 Å². The molecule has 3 aromatic carbocycles. The summed E-state index contributed by atoms with van der Waals surface area (Å²) in [5.41, 5.74) is 8.91. The molecule has 85 heavy (non-hydrogen) atoms. The molecule has 1 saturated carbocycles. The van der Waals surface area contributed by atoms with Gasteiger partial charge in [-0.15, -0.1) is 0 Å². The first-order valence-electron chi connectivity index (χ1n) is 30.0. The van der Waals surface area contributed by atoms with Gasteiger partial charge in [-0.25, -0.2) is 14.3 Å². The largest absolute Gasteiger partial charge is 0.748 e. The molecule has 7 N–H and O–H groups in total. The fourth-order valence-electron chi connectivity index (χ4n) is 10.3. The summed E-state index contributed by atoms with van der Waals surface area (Å²) in [7, 11) is -3.92. The molecule has 5 rings (SSSR count). The Labute approximate surface area is 504 Å². The molecule has 2 fully saturated rings. The number of hydrazine groups is 1. The number of nitrogens with two attached hydrogens (primary N) is 2. The molecule has 3 aromatic rings. The van der Waals surface area contributed by atoms with Crippen LogP contribution in [0.5, 0.6) is 11.5 Å². The van der Waals surface area contributed by atoms with Crippen LogP contribution in [0.1, 0.15) is 136 Å². The van der Waals surface area contributed by atoms with Crippen LogP contribution in [-0.2, 0) is 67.8 Å². The number of amides is 3. The molecule has 21 heteroatoms. The van der Waals surface area contributed by atoms with Gasteiger partial charge in [0.1, 0.15) is 32.8 Å². The van der Waals surface area contributed by atoms with Gasteiger partial charge in [0.25, 0.3) is 0 Å². The number of carbonyl (C=O) groups excluding carboxylic acids is 7. The average Bonchev–Trinajstić information content (AvgIpc) is 3.95. The molecule has 0 spiro atoms. The second kappa shape index (κ2) is 35.2. The van der Waals surface area contributed by atoms with E-state index in [0.717, 1.165) is 36.0 Å². The average molecular weight is 1200 g/mol. The van der Waals surface area contributed by atoms with Crippen LogP contribution in [-0.4, -0.2) is 134 Å². The summed E-state index contributed by atoms with van der Waals surface area (Å²) < 4.78 is 45.1. The smallest absolute Gasteiger partial charge is 0.308 e. The Morgan fingerprint density at radius 1 is 0.812 bits per heavy atom. The van der Waals surface area contributed by atoms with Gasteiger partial charge < -0.3 is 49.9 Å². The van der Waals surface area contributed by atoms with Crippen molar-refractivity contribution < 1.29 is 65.2 Å². The Kier molecular flexibility index (Phi) is 29.4. The van der Waals surface area contributed by atoms with E-state index in [0.29, 0.717) is 107 Å². The van der Waals surface area contributed by atoms with E-state index in [-0.39, 0.29) is 84.9 Å². The maximum absolute atomic E-state index is 14.8. The Bertz CT molecular complexity index is 2780. The van der Waals surface area contributed by atoms with Crippen LogP contribution in [0.2, 0.25) is 0 Å². The van der Waals surface area contributed by atoms with Gasteiger partial charge in [-0.05, 0) is 105 Å². The molecule has 0 radical (unpaired) electrons. The number of benzene rings is 3. The molecule has 1 heterocycles. The zero-order chi connectivity index (χ0) is 62.7. The van der Waals surface area contributed by atoms with Crippen molar-refractivity contribution in [3.05, 3.63) is 107 Å². The summed E-state index contributed by atoms with van der Waals surface area (Å²) >= 11 is 0. The van der Waals surface area contributed by atoms with E-state index in [1.54, 1.807) is 18.3 Å². The van der Waals surface area contributed by atoms with Gasteiger partial charge in [-0.3, -0.25) is 33.6 Å². The number of unbranched alkanes of at least 4 members (excludes halogenated alkanes) is 1. The van der Waals surface area contributed by atoms with Gasteiger partial charge in [-0.2, -0.15) is 0 Å². The Hall–Kier alpha value is -6.52. The number of esters is 1. The Morgan fingerprint density at radius 2 is 1.40 bits per heavy atom. The molecule has 1 saturated heterocycles. The lowest BCUT2D eigenvalue weighted by Gasteiger charge is -2.41. The standard InChI is InChI=1S/C63H91N7O10.CH4O3S/c1-8-28-66-59(74)21-15-16-29-69(65)40-52(64)43-79-58-37-49(23-25-57(58)80-46(6)71)41-70(30-32-78-33-31-70)42-53(72)38-50(24-22-47-17-11-9-12-18-47)61(76)67-54(34-44(2)3)56(73)39-51(36-48-19-13-10-14-20-48)62(77)68-55(35-45(4)5)60(75)63(7)26-27-63;1-5(2,3)4/h9-14,17-20,23,25,37,40,44-45,50-51,54-55H,8,15-16,21-22,24,26-36,38-39,41-43,64-65H2,1-7H3,(H2-,66,67,68,74,76,77);1H3,(H,2,3,4)/b52-40-;/t50-,51-,54+,55+;/m1./s1. The molecule has 1 aliphatic heterocycles. The first-order valence-corrected chi connectivity index (χ1v) is 31.8. The van der Waals surface area contributed by atoms with E-state index in [4.69, 9.17) is 38.8 Å². The SMILES string of the molecule is CCCNC(=O)CCCCN(N)/C=C(\N)COc1cc(C[N+]2(CC(=O)C[C@@H](CCc3ccccc3)C(=O)N[C@@H](CC(C)C)C(=O)C[C@@H](Cc3ccccc3)C(=O)N[C@@H](CC(C)C)C(=O)C3(C)CC3)CCOCC2)ccc1OC(C)=O.CS(=O)(=O)[O-]. The summed E-state index contributed by atoms with van der Waals surface area (Å²) in [6.07, 6.45) is 8.12. The van der Waals surface area contributed by atoms with Crippen molar-refractivity contribution in [2.75, 3.05) is 58.8 Å². The number of quaternary nitrogens is 1. The number of carbonyl (C=O) groups is 7. The molecule has 20 nitrogen and oxygen atoms in total. The first kappa shape index (κ1) is 71.0. The maximum atomic E-state index is 14.8. The van der Waals surface area contributed by atoms with Crippen LogP contribution < -0.4 is 37.0 Å². The molecule has 4 atom stereocenters. The first-order chi connectivity index (χ1) is 40.2. The lowest BCUT2D eigenvalue weighted by molar-refractivity contribution is -0.940.